The van der Waals surface area contributed by atoms with Gasteiger partial charge >= 0.3 is 0 Å². The number of anilines is 1. The summed E-state index contributed by atoms with van der Waals surface area (Å²) in [5.41, 5.74) is 5.34. The van der Waals surface area contributed by atoms with Gasteiger partial charge in [0.1, 0.15) is 5.82 Å². The first-order valence-electron chi connectivity index (χ1n) is 5.46. The predicted octanol–water partition coefficient (Wildman–Crippen LogP) is 0.616. The number of carbonyl (C=O) groups excluding carboxylic acids is 2. The van der Waals surface area contributed by atoms with Gasteiger partial charge in [0, 0.05) is 27.1 Å². The first kappa shape index (κ1) is 14.0. The molecule has 0 saturated carbocycles. The first-order valence-corrected chi connectivity index (χ1v) is 5.46. The number of nitrogen functional groups attached to an aromatic ring is 1. The van der Waals surface area contributed by atoms with Crippen LogP contribution in [0.2, 0.25) is 0 Å². The van der Waals surface area contributed by atoms with Crippen LogP contribution in [-0.4, -0.2) is 37.4 Å². The van der Waals surface area contributed by atoms with Gasteiger partial charge in [-0.2, -0.15) is 0 Å². The van der Waals surface area contributed by atoms with E-state index in [4.69, 9.17) is 5.73 Å². The molecule has 6 heteroatoms. The van der Waals surface area contributed by atoms with Crippen molar-refractivity contribution in [2.75, 3.05) is 26.4 Å². The SMILES string of the molecule is CN(C)C(=O)CCNC(=O)c1cccc(F)c1N. The first-order chi connectivity index (χ1) is 8.43. The van der Waals surface area contributed by atoms with Crippen molar-refractivity contribution < 1.29 is 14.0 Å². The monoisotopic (exact) mass is 253 g/mol. The van der Waals surface area contributed by atoms with Crippen molar-refractivity contribution in [1.29, 1.82) is 0 Å². The second kappa shape index (κ2) is 6.00. The van der Waals surface area contributed by atoms with E-state index in [1.54, 1.807) is 14.1 Å². The fourth-order valence-corrected chi connectivity index (χ4v) is 1.34. The van der Waals surface area contributed by atoms with E-state index >= 15 is 0 Å². The third-order valence-corrected chi connectivity index (χ3v) is 2.42. The summed E-state index contributed by atoms with van der Waals surface area (Å²) in [5, 5.41) is 2.52. The summed E-state index contributed by atoms with van der Waals surface area (Å²) in [6.45, 7) is 0.186. The molecule has 0 spiro atoms. The lowest BCUT2D eigenvalue weighted by Gasteiger charge is -2.11. The number of nitrogens with two attached hydrogens (primary N) is 1. The number of halogens is 1. The molecule has 0 atom stereocenters. The molecule has 0 saturated heterocycles. The van der Waals surface area contributed by atoms with Crippen molar-refractivity contribution in [2.24, 2.45) is 0 Å². The topological polar surface area (TPSA) is 75.4 Å². The van der Waals surface area contributed by atoms with E-state index in [2.05, 4.69) is 5.32 Å². The molecule has 1 rings (SSSR count). The lowest BCUT2D eigenvalue weighted by Crippen LogP contribution is -2.30. The van der Waals surface area contributed by atoms with Crippen LogP contribution in [0.3, 0.4) is 0 Å². The predicted molar refractivity (Wildman–Crippen MR) is 66.5 cm³/mol. The molecular formula is C12H16FN3O2. The van der Waals surface area contributed by atoms with Crippen LogP contribution in [0.5, 0.6) is 0 Å². The molecule has 18 heavy (non-hydrogen) atoms. The molecule has 1 aromatic rings. The molecule has 3 N–H and O–H groups in total. The van der Waals surface area contributed by atoms with Gasteiger partial charge in [-0.25, -0.2) is 4.39 Å². The Balaban J connectivity index is 2.56. The zero-order valence-corrected chi connectivity index (χ0v) is 10.4. The molecule has 0 aliphatic rings. The van der Waals surface area contributed by atoms with E-state index < -0.39 is 11.7 Å². The Bertz CT molecular complexity index is 461. The van der Waals surface area contributed by atoms with E-state index in [0.717, 1.165) is 0 Å². The van der Waals surface area contributed by atoms with Crippen molar-refractivity contribution in [3.8, 4) is 0 Å². The summed E-state index contributed by atoms with van der Waals surface area (Å²) in [6.07, 6.45) is 0.188. The molecular weight excluding hydrogens is 237 g/mol. The lowest BCUT2D eigenvalue weighted by atomic mass is 10.1. The minimum absolute atomic E-state index is 0.0762. The van der Waals surface area contributed by atoms with Crippen LogP contribution in [0.15, 0.2) is 18.2 Å². The maximum absolute atomic E-state index is 13.1. The number of para-hydroxylation sites is 1. The second-order valence-corrected chi connectivity index (χ2v) is 4.00. The average molecular weight is 253 g/mol. The van der Waals surface area contributed by atoms with Crippen LogP contribution >= 0.6 is 0 Å². The third kappa shape index (κ3) is 3.44. The lowest BCUT2D eigenvalue weighted by molar-refractivity contribution is -0.128. The number of benzene rings is 1. The Morgan fingerprint density at radius 1 is 1.39 bits per heavy atom. The number of carbonyl (C=O) groups is 2. The second-order valence-electron chi connectivity index (χ2n) is 4.00. The summed E-state index contributed by atoms with van der Waals surface area (Å²) in [7, 11) is 3.27. The summed E-state index contributed by atoms with van der Waals surface area (Å²) < 4.78 is 13.1. The summed E-state index contributed by atoms with van der Waals surface area (Å²) in [5.74, 6) is -1.21. The largest absolute Gasteiger partial charge is 0.396 e. The average Bonchev–Trinajstić information content (AvgIpc) is 2.32. The number of nitrogens with one attached hydrogen (secondary N) is 1. The number of amides is 2. The van der Waals surface area contributed by atoms with Gasteiger partial charge < -0.3 is 16.0 Å². The van der Waals surface area contributed by atoms with Crippen LogP contribution in [-0.2, 0) is 4.79 Å². The van der Waals surface area contributed by atoms with Crippen LogP contribution in [0.1, 0.15) is 16.8 Å². The van der Waals surface area contributed by atoms with E-state index in [0.29, 0.717) is 0 Å². The number of rotatable bonds is 4. The number of hydrogen-bond donors (Lipinski definition) is 2. The van der Waals surface area contributed by atoms with E-state index in [1.807, 2.05) is 0 Å². The summed E-state index contributed by atoms with van der Waals surface area (Å²) >= 11 is 0. The Labute approximate surface area is 105 Å². The van der Waals surface area contributed by atoms with Gasteiger partial charge in [0.25, 0.3) is 5.91 Å². The Hall–Kier alpha value is -2.11. The standard InChI is InChI=1S/C12H16FN3O2/c1-16(2)10(17)6-7-15-12(18)8-4-3-5-9(13)11(8)14/h3-5H,6-7,14H2,1-2H3,(H,15,18). The van der Waals surface area contributed by atoms with Gasteiger partial charge in [-0.15, -0.1) is 0 Å². The van der Waals surface area contributed by atoms with Crippen LogP contribution in [0.25, 0.3) is 0 Å². The highest BCUT2D eigenvalue weighted by Crippen LogP contribution is 2.15. The van der Waals surface area contributed by atoms with Gasteiger partial charge in [0.15, 0.2) is 0 Å². The van der Waals surface area contributed by atoms with Crippen molar-refractivity contribution in [3.05, 3.63) is 29.6 Å². The van der Waals surface area contributed by atoms with Crippen LogP contribution in [0.4, 0.5) is 10.1 Å². The van der Waals surface area contributed by atoms with Crippen molar-refractivity contribution in [1.82, 2.24) is 10.2 Å². The zero-order chi connectivity index (χ0) is 13.7. The van der Waals surface area contributed by atoms with Crippen molar-refractivity contribution in [2.45, 2.75) is 6.42 Å². The normalized spacial score (nSPS) is 9.94. The molecule has 0 heterocycles. The molecule has 5 nitrogen and oxygen atoms in total. The highest BCUT2D eigenvalue weighted by molar-refractivity contribution is 5.99. The maximum Gasteiger partial charge on any atom is 0.253 e. The van der Waals surface area contributed by atoms with Crippen molar-refractivity contribution in [3.63, 3.8) is 0 Å². The van der Waals surface area contributed by atoms with Crippen molar-refractivity contribution >= 4 is 17.5 Å². The molecule has 98 valence electrons. The summed E-state index contributed by atoms with van der Waals surface area (Å²) in [6, 6.07) is 4.02. The Kier molecular flexibility index (Phi) is 4.65. The minimum atomic E-state index is -0.632. The van der Waals surface area contributed by atoms with E-state index in [-0.39, 0.29) is 30.1 Å². The van der Waals surface area contributed by atoms with Gasteiger partial charge in [0.2, 0.25) is 5.91 Å². The molecule has 1 aromatic carbocycles. The fourth-order valence-electron chi connectivity index (χ4n) is 1.34. The van der Waals surface area contributed by atoms with Crippen LogP contribution in [0, 0.1) is 5.82 Å². The Morgan fingerprint density at radius 2 is 2.06 bits per heavy atom. The quantitative estimate of drug-likeness (QED) is 0.772. The smallest absolute Gasteiger partial charge is 0.253 e. The number of nitrogens with zero attached hydrogens (tertiary/aromatic N) is 1. The summed E-state index contributed by atoms with van der Waals surface area (Å²) in [4.78, 5) is 24.4. The highest BCUT2D eigenvalue weighted by Gasteiger charge is 2.12. The molecule has 0 aliphatic carbocycles. The minimum Gasteiger partial charge on any atom is -0.396 e. The molecule has 0 radical (unpaired) electrons. The van der Waals surface area contributed by atoms with Gasteiger partial charge in [-0.05, 0) is 12.1 Å². The van der Waals surface area contributed by atoms with E-state index in [1.165, 1.54) is 23.1 Å². The maximum atomic E-state index is 13.1. The molecule has 0 aliphatic heterocycles. The molecule has 0 unspecified atom stereocenters. The molecule has 2 amide bonds. The molecule has 0 bridgehead atoms. The Morgan fingerprint density at radius 3 is 2.67 bits per heavy atom. The van der Waals surface area contributed by atoms with E-state index in [9.17, 15) is 14.0 Å². The van der Waals surface area contributed by atoms with Crippen LogP contribution < -0.4 is 11.1 Å². The zero-order valence-electron chi connectivity index (χ0n) is 10.4. The van der Waals surface area contributed by atoms with Gasteiger partial charge in [0.05, 0.1) is 11.3 Å². The molecule has 0 fully saturated rings. The third-order valence-electron chi connectivity index (χ3n) is 2.42. The fraction of sp³-hybridized carbons (Fsp3) is 0.333. The molecule has 0 aromatic heterocycles. The van der Waals surface area contributed by atoms with Gasteiger partial charge in [-0.1, -0.05) is 6.07 Å². The number of hydrogen-bond acceptors (Lipinski definition) is 3. The van der Waals surface area contributed by atoms with Gasteiger partial charge in [-0.3, -0.25) is 9.59 Å². The highest BCUT2D eigenvalue weighted by atomic mass is 19.1.